The number of benzene rings is 1. The van der Waals surface area contributed by atoms with Crippen LogP contribution in [0.5, 0.6) is 11.6 Å². The largest absolute Gasteiger partial charge is 0.438 e. The summed E-state index contributed by atoms with van der Waals surface area (Å²) in [6, 6.07) is 7.81. The zero-order valence-corrected chi connectivity index (χ0v) is 13.2. The van der Waals surface area contributed by atoms with E-state index in [1.807, 2.05) is 38.1 Å². The third kappa shape index (κ3) is 3.53. The van der Waals surface area contributed by atoms with Crippen molar-refractivity contribution in [2.75, 3.05) is 0 Å². The van der Waals surface area contributed by atoms with Gasteiger partial charge in [-0.3, -0.25) is 0 Å². The normalized spacial score (nSPS) is 10.8. The maximum Gasteiger partial charge on any atom is 0.222 e. The number of nitrogens with zero attached hydrogens (tertiary/aromatic N) is 2. The number of rotatable bonds is 3. The quantitative estimate of drug-likeness (QED) is 0.816. The van der Waals surface area contributed by atoms with Gasteiger partial charge in [0.15, 0.2) is 0 Å². The van der Waals surface area contributed by atoms with Crippen molar-refractivity contribution in [3.8, 4) is 11.6 Å². The van der Waals surface area contributed by atoms with Gasteiger partial charge in [0.25, 0.3) is 0 Å². The lowest BCUT2D eigenvalue weighted by atomic mass is 10.2. The number of ether oxygens (including phenoxy) is 1. The van der Waals surface area contributed by atoms with Gasteiger partial charge in [-0.05, 0) is 47.5 Å². The van der Waals surface area contributed by atoms with Gasteiger partial charge in [0.1, 0.15) is 11.6 Å². The van der Waals surface area contributed by atoms with Gasteiger partial charge >= 0.3 is 0 Å². The van der Waals surface area contributed by atoms with Gasteiger partial charge in [0, 0.05) is 17.7 Å². The van der Waals surface area contributed by atoms with Crippen LogP contribution in [0.1, 0.15) is 36.8 Å². The molecular formula is C15H17BrN2O. The highest BCUT2D eigenvalue weighted by Gasteiger charge is 2.09. The van der Waals surface area contributed by atoms with Crippen LogP contribution in [0.2, 0.25) is 0 Å². The van der Waals surface area contributed by atoms with Gasteiger partial charge in [0.05, 0.1) is 4.47 Å². The van der Waals surface area contributed by atoms with Gasteiger partial charge in [0.2, 0.25) is 5.88 Å². The van der Waals surface area contributed by atoms with E-state index < -0.39 is 0 Å². The first-order valence-electron chi connectivity index (χ1n) is 6.25. The van der Waals surface area contributed by atoms with E-state index in [9.17, 15) is 0 Å². The molecule has 4 heteroatoms. The zero-order chi connectivity index (χ0) is 14.0. The number of aromatic nitrogens is 2. The molecular weight excluding hydrogens is 304 g/mol. The first-order valence-corrected chi connectivity index (χ1v) is 7.04. The van der Waals surface area contributed by atoms with E-state index in [2.05, 4.69) is 39.7 Å². The Bertz CT molecular complexity index is 597. The fourth-order valence-electron chi connectivity index (χ4n) is 1.67. The Morgan fingerprint density at radius 3 is 2.47 bits per heavy atom. The van der Waals surface area contributed by atoms with Gasteiger partial charge in [-0.2, -0.15) is 4.98 Å². The van der Waals surface area contributed by atoms with Crippen molar-refractivity contribution in [1.29, 1.82) is 0 Å². The average Bonchev–Trinajstić information content (AvgIpc) is 2.32. The summed E-state index contributed by atoms with van der Waals surface area (Å²) in [7, 11) is 0. The molecule has 1 aromatic carbocycles. The van der Waals surface area contributed by atoms with Gasteiger partial charge in [-0.15, -0.1) is 0 Å². The molecule has 0 fully saturated rings. The predicted octanol–water partition coefficient (Wildman–Crippen LogP) is 4.77. The molecule has 0 spiro atoms. The van der Waals surface area contributed by atoms with Crippen molar-refractivity contribution in [2.24, 2.45) is 0 Å². The van der Waals surface area contributed by atoms with Crippen molar-refractivity contribution in [3.63, 3.8) is 0 Å². The summed E-state index contributed by atoms with van der Waals surface area (Å²) in [5.74, 6) is 2.43. The molecule has 0 saturated carbocycles. The lowest BCUT2D eigenvalue weighted by Gasteiger charge is -2.10. The summed E-state index contributed by atoms with van der Waals surface area (Å²) in [5, 5.41) is 0. The summed E-state index contributed by atoms with van der Waals surface area (Å²) in [4.78, 5) is 8.85. The van der Waals surface area contributed by atoms with Crippen LogP contribution in [0.15, 0.2) is 28.7 Å². The molecule has 100 valence electrons. The molecule has 2 aromatic rings. The highest BCUT2D eigenvalue weighted by molar-refractivity contribution is 9.10. The molecule has 1 aromatic heterocycles. The fraction of sp³-hybridized carbons (Fsp3) is 0.333. The van der Waals surface area contributed by atoms with Crippen LogP contribution in [0.3, 0.4) is 0 Å². The topological polar surface area (TPSA) is 35.0 Å². The number of hydrogen-bond acceptors (Lipinski definition) is 3. The van der Waals surface area contributed by atoms with E-state index in [1.165, 1.54) is 5.56 Å². The van der Waals surface area contributed by atoms with E-state index in [0.717, 1.165) is 21.7 Å². The molecule has 1 heterocycles. The van der Waals surface area contributed by atoms with Crippen molar-refractivity contribution in [1.82, 2.24) is 9.97 Å². The number of hydrogen-bond donors (Lipinski definition) is 0. The van der Waals surface area contributed by atoms with Gasteiger partial charge in [-0.25, -0.2) is 4.98 Å². The smallest absolute Gasteiger partial charge is 0.222 e. The minimum absolute atomic E-state index is 0.281. The molecule has 0 amide bonds. The molecule has 2 rings (SSSR count). The third-order valence-electron chi connectivity index (χ3n) is 2.67. The first-order chi connectivity index (χ1) is 8.95. The monoisotopic (exact) mass is 320 g/mol. The lowest BCUT2D eigenvalue weighted by Crippen LogP contribution is -2.01. The van der Waals surface area contributed by atoms with Crippen LogP contribution >= 0.6 is 15.9 Å². The van der Waals surface area contributed by atoms with E-state index in [0.29, 0.717) is 5.88 Å². The Balaban J connectivity index is 2.32. The highest BCUT2D eigenvalue weighted by Crippen LogP contribution is 2.30. The molecule has 19 heavy (non-hydrogen) atoms. The summed E-state index contributed by atoms with van der Waals surface area (Å²) in [6.07, 6.45) is 0. The Morgan fingerprint density at radius 2 is 1.84 bits per heavy atom. The molecule has 0 bridgehead atoms. The second-order valence-electron chi connectivity index (χ2n) is 4.90. The average molecular weight is 321 g/mol. The lowest BCUT2D eigenvalue weighted by molar-refractivity contribution is 0.453. The molecule has 0 unspecified atom stereocenters. The Labute approximate surface area is 122 Å². The van der Waals surface area contributed by atoms with Crippen molar-refractivity contribution in [3.05, 3.63) is 45.8 Å². The van der Waals surface area contributed by atoms with E-state index in [4.69, 9.17) is 4.74 Å². The van der Waals surface area contributed by atoms with E-state index in [-0.39, 0.29) is 5.92 Å². The molecule has 0 saturated heterocycles. The third-order valence-corrected chi connectivity index (χ3v) is 3.29. The molecule has 0 aliphatic rings. The Hall–Kier alpha value is -1.42. The van der Waals surface area contributed by atoms with Crippen molar-refractivity contribution in [2.45, 2.75) is 33.6 Å². The fourth-order valence-corrected chi connectivity index (χ4v) is 2.25. The van der Waals surface area contributed by atoms with Crippen molar-refractivity contribution < 1.29 is 4.74 Å². The van der Waals surface area contributed by atoms with Crippen LogP contribution in [-0.4, -0.2) is 9.97 Å². The van der Waals surface area contributed by atoms with Crippen molar-refractivity contribution >= 4 is 15.9 Å². The maximum atomic E-state index is 5.84. The second kappa shape index (κ2) is 5.70. The number of aryl methyl sites for hydroxylation is 2. The molecule has 0 aliphatic heterocycles. The standard InChI is InChI=1S/C15H17BrN2O/c1-9(2)15-17-11(4)8-14(18-15)19-13-6-5-10(3)7-12(13)16/h5-9H,1-4H3. The minimum Gasteiger partial charge on any atom is -0.438 e. The SMILES string of the molecule is Cc1ccc(Oc2cc(C)nc(C(C)C)n2)c(Br)c1. The Kier molecular flexibility index (Phi) is 4.20. The van der Waals surface area contributed by atoms with E-state index >= 15 is 0 Å². The van der Waals surface area contributed by atoms with Gasteiger partial charge < -0.3 is 4.74 Å². The molecule has 0 atom stereocenters. The van der Waals surface area contributed by atoms with Crippen LogP contribution in [0, 0.1) is 13.8 Å². The van der Waals surface area contributed by atoms with Crippen LogP contribution in [0.25, 0.3) is 0 Å². The van der Waals surface area contributed by atoms with Crippen LogP contribution in [0.4, 0.5) is 0 Å². The summed E-state index contributed by atoms with van der Waals surface area (Å²) < 4.78 is 6.76. The van der Waals surface area contributed by atoms with Crippen LogP contribution < -0.4 is 4.74 Å². The second-order valence-corrected chi connectivity index (χ2v) is 5.75. The molecule has 0 radical (unpaired) electrons. The predicted molar refractivity (Wildman–Crippen MR) is 79.8 cm³/mol. The summed E-state index contributed by atoms with van der Waals surface area (Å²) in [6.45, 7) is 8.13. The minimum atomic E-state index is 0.281. The van der Waals surface area contributed by atoms with Gasteiger partial charge in [-0.1, -0.05) is 19.9 Å². The molecule has 3 nitrogen and oxygen atoms in total. The van der Waals surface area contributed by atoms with E-state index in [1.54, 1.807) is 0 Å². The summed E-state index contributed by atoms with van der Waals surface area (Å²) in [5.41, 5.74) is 2.10. The molecule has 0 N–H and O–H groups in total. The number of halogens is 1. The molecule has 0 aliphatic carbocycles. The Morgan fingerprint density at radius 1 is 1.11 bits per heavy atom. The maximum absolute atomic E-state index is 5.84. The first kappa shape index (κ1) is 14.0. The van der Waals surface area contributed by atoms with Crippen LogP contribution in [-0.2, 0) is 0 Å². The zero-order valence-electron chi connectivity index (χ0n) is 11.6. The highest BCUT2D eigenvalue weighted by atomic mass is 79.9. The summed E-state index contributed by atoms with van der Waals surface area (Å²) >= 11 is 3.50.